The van der Waals surface area contributed by atoms with Crippen molar-refractivity contribution in [3.63, 3.8) is 0 Å². The molecule has 0 atom stereocenters. The molecule has 4 rings (SSSR count). The van der Waals surface area contributed by atoms with Crippen LogP contribution in [0.2, 0.25) is 0 Å². The molecule has 6 nitrogen and oxygen atoms in total. The van der Waals surface area contributed by atoms with Gasteiger partial charge in [0.25, 0.3) is 5.91 Å². The number of para-hydroxylation sites is 1. The number of benzene rings is 3. The lowest BCUT2D eigenvalue weighted by Crippen LogP contribution is -2.14. The van der Waals surface area contributed by atoms with Crippen LogP contribution in [0.25, 0.3) is 0 Å². The predicted octanol–water partition coefficient (Wildman–Crippen LogP) is 5.48. The lowest BCUT2D eigenvalue weighted by Gasteiger charge is -2.12. The summed E-state index contributed by atoms with van der Waals surface area (Å²) in [5, 5.41) is 2.80. The number of rotatable bonds is 9. The van der Waals surface area contributed by atoms with E-state index in [1.54, 1.807) is 12.1 Å². The quantitative estimate of drug-likeness (QED) is 0.330. The number of hydrogen-bond donors (Lipinski definition) is 1. The summed E-state index contributed by atoms with van der Waals surface area (Å²) >= 11 is 0. The lowest BCUT2D eigenvalue weighted by molar-refractivity contribution is 0.0600. The van der Waals surface area contributed by atoms with Gasteiger partial charge in [0.1, 0.15) is 18.2 Å². The molecule has 0 bridgehead atoms. The van der Waals surface area contributed by atoms with Gasteiger partial charge in [-0.3, -0.25) is 4.79 Å². The SMILES string of the molecule is COC(=O)c1ccc(NC(=O)c2cc(CCc3ccccc3)cc(COc3ccccc3)c2)nc1. The second-order valence-corrected chi connectivity index (χ2v) is 8.00. The van der Waals surface area contributed by atoms with Crippen LogP contribution in [0, 0.1) is 0 Å². The third kappa shape index (κ3) is 6.77. The van der Waals surface area contributed by atoms with Gasteiger partial charge in [0.15, 0.2) is 0 Å². The summed E-state index contributed by atoms with van der Waals surface area (Å²) in [5.41, 5.74) is 4.01. The maximum atomic E-state index is 13.1. The van der Waals surface area contributed by atoms with Crippen LogP contribution in [0.5, 0.6) is 5.75 Å². The molecule has 0 aliphatic carbocycles. The van der Waals surface area contributed by atoms with Gasteiger partial charge in [0.2, 0.25) is 0 Å². The standard InChI is InChI=1S/C29H26N2O4/c1-34-29(33)24-14-15-27(30-19-24)31-28(32)25-17-22(13-12-21-8-4-2-5-9-21)16-23(18-25)20-35-26-10-6-3-7-11-26/h2-11,14-19H,12-13,20H2,1H3,(H,30,31,32). The van der Waals surface area contributed by atoms with E-state index in [9.17, 15) is 9.59 Å². The molecule has 1 amide bonds. The summed E-state index contributed by atoms with van der Waals surface area (Å²) in [6.07, 6.45) is 3.02. The van der Waals surface area contributed by atoms with Crippen molar-refractivity contribution in [3.05, 3.63) is 125 Å². The van der Waals surface area contributed by atoms with Crippen LogP contribution in [0.15, 0.2) is 97.2 Å². The number of esters is 1. The van der Waals surface area contributed by atoms with Gasteiger partial charge >= 0.3 is 5.97 Å². The van der Waals surface area contributed by atoms with E-state index in [0.717, 1.165) is 29.7 Å². The molecule has 0 unspecified atom stereocenters. The van der Waals surface area contributed by atoms with Crippen molar-refractivity contribution in [2.24, 2.45) is 0 Å². The number of carbonyl (C=O) groups excluding carboxylic acids is 2. The van der Waals surface area contributed by atoms with E-state index in [4.69, 9.17) is 4.74 Å². The van der Waals surface area contributed by atoms with E-state index in [2.05, 4.69) is 33.2 Å². The van der Waals surface area contributed by atoms with Gasteiger partial charge in [-0.2, -0.15) is 0 Å². The first-order valence-corrected chi connectivity index (χ1v) is 11.3. The third-order valence-electron chi connectivity index (χ3n) is 5.43. The van der Waals surface area contributed by atoms with E-state index >= 15 is 0 Å². The molecule has 176 valence electrons. The van der Waals surface area contributed by atoms with Crippen molar-refractivity contribution in [2.45, 2.75) is 19.4 Å². The molecule has 35 heavy (non-hydrogen) atoms. The molecule has 0 spiro atoms. The summed E-state index contributed by atoms with van der Waals surface area (Å²) in [4.78, 5) is 28.8. The summed E-state index contributed by atoms with van der Waals surface area (Å²) in [7, 11) is 1.31. The van der Waals surface area contributed by atoms with E-state index in [1.807, 2.05) is 60.7 Å². The number of anilines is 1. The second-order valence-electron chi connectivity index (χ2n) is 8.00. The van der Waals surface area contributed by atoms with Gasteiger partial charge in [-0.1, -0.05) is 54.6 Å². The Morgan fingerprint density at radius 2 is 1.46 bits per heavy atom. The van der Waals surface area contributed by atoms with Gasteiger partial charge < -0.3 is 14.8 Å². The molecule has 4 aromatic rings. The first kappa shape index (κ1) is 23.7. The third-order valence-corrected chi connectivity index (χ3v) is 5.43. The number of methoxy groups -OCH3 is 1. The summed E-state index contributed by atoms with van der Waals surface area (Å²) in [5.74, 6) is 0.345. The Balaban J connectivity index is 1.52. The van der Waals surface area contributed by atoms with Crippen LogP contribution in [0.4, 0.5) is 5.82 Å². The molecule has 0 radical (unpaired) electrons. The van der Waals surface area contributed by atoms with Crippen LogP contribution in [-0.2, 0) is 24.2 Å². The fraction of sp³-hybridized carbons (Fsp3) is 0.138. The minimum Gasteiger partial charge on any atom is -0.489 e. The highest BCUT2D eigenvalue weighted by molar-refractivity contribution is 6.04. The van der Waals surface area contributed by atoms with E-state index < -0.39 is 5.97 Å². The lowest BCUT2D eigenvalue weighted by atomic mass is 9.99. The second kappa shape index (κ2) is 11.6. The fourth-order valence-corrected chi connectivity index (χ4v) is 3.63. The van der Waals surface area contributed by atoms with Crippen molar-refractivity contribution in [3.8, 4) is 5.75 Å². The van der Waals surface area contributed by atoms with Crippen molar-refractivity contribution < 1.29 is 19.1 Å². The topological polar surface area (TPSA) is 77.5 Å². The van der Waals surface area contributed by atoms with Gasteiger partial charge in [-0.25, -0.2) is 9.78 Å². The molecule has 0 fully saturated rings. The van der Waals surface area contributed by atoms with Crippen molar-refractivity contribution >= 4 is 17.7 Å². The van der Waals surface area contributed by atoms with Crippen LogP contribution >= 0.6 is 0 Å². The van der Waals surface area contributed by atoms with Crippen LogP contribution in [0.1, 0.15) is 37.4 Å². The molecule has 1 aromatic heterocycles. The zero-order chi connectivity index (χ0) is 24.5. The molecule has 0 saturated carbocycles. The van der Waals surface area contributed by atoms with Crippen molar-refractivity contribution in [1.29, 1.82) is 0 Å². The summed E-state index contributed by atoms with van der Waals surface area (Å²) in [6.45, 7) is 0.343. The van der Waals surface area contributed by atoms with E-state index in [1.165, 1.54) is 18.9 Å². The first-order chi connectivity index (χ1) is 17.1. The van der Waals surface area contributed by atoms with Crippen LogP contribution in [0.3, 0.4) is 0 Å². The Labute approximate surface area is 204 Å². The van der Waals surface area contributed by atoms with Crippen molar-refractivity contribution in [1.82, 2.24) is 4.98 Å². The maximum absolute atomic E-state index is 13.1. The Hall–Kier alpha value is -4.45. The monoisotopic (exact) mass is 466 g/mol. The number of pyridine rings is 1. The minimum atomic E-state index is -0.482. The average molecular weight is 467 g/mol. The number of nitrogens with one attached hydrogen (secondary N) is 1. The Morgan fingerprint density at radius 3 is 2.14 bits per heavy atom. The number of nitrogens with zero attached hydrogens (tertiary/aromatic N) is 1. The molecule has 0 aliphatic heterocycles. The van der Waals surface area contributed by atoms with Crippen LogP contribution in [-0.4, -0.2) is 24.0 Å². The molecule has 1 N–H and O–H groups in total. The number of amides is 1. The number of aryl methyl sites for hydroxylation is 2. The molecular weight excluding hydrogens is 440 g/mol. The Kier molecular flexibility index (Phi) is 7.86. The minimum absolute atomic E-state index is 0.286. The van der Waals surface area contributed by atoms with Gasteiger partial charge in [-0.05, 0) is 65.9 Å². The predicted molar refractivity (Wildman–Crippen MR) is 135 cm³/mol. The highest BCUT2D eigenvalue weighted by Gasteiger charge is 2.12. The number of carbonyl (C=O) groups is 2. The molecule has 3 aromatic carbocycles. The Morgan fingerprint density at radius 1 is 0.771 bits per heavy atom. The van der Waals surface area contributed by atoms with Crippen molar-refractivity contribution in [2.75, 3.05) is 12.4 Å². The first-order valence-electron chi connectivity index (χ1n) is 11.3. The molecule has 1 heterocycles. The smallest absolute Gasteiger partial charge is 0.339 e. The van der Waals surface area contributed by atoms with E-state index in [-0.39, 0.29) is 5.91 Å². The number of ether oxygens (including phenoxy) is 2. The largest absolute Gasteiger partial charge is 0.489 e. The van der Waals surface area contributed by atoms with E-state index in [0.29, 0.717) is 23.6 Å². The molecular formula is C29H26N2O4. The maximum Gasteiger partial charge on any atom is 0.339 e. The zero-order valence-electron chi connectivity index (χ0n) is 19.4. The highest BCUT2D eigenvalue weighted by atomic mass is 16.5. The highest BCUT2D eigenvalue weighted by Crippen LogP contribution is 2.18. The van der Waals surface area contributed by atoms with Crippen LogP contribution < -0.4 is 10.1 Å². The molecule has 0 aliphatic rings. The summed E-state index contributed by atoms with van der Waals surface area (Å²) in [6, 6.07) is 28.7. The zero-order valence-corrected chi connectivity index (χ0v) is 19.4. The number of aromatic nitrogens is 1. The fourth-order valence-electron chi connectivity index (χ4n) is 3.63. The average Bonchev–Trinajstić information content (AvgIpc) is 2.92. The molecule has 0 saturated heterocycles. The molecule has 6 heteroatoms. The van der Waals surface area contributed by atoms with Gasteiger partial charge in [0, 0.05) is 11.8 Å². The van der Waals surface area contributed by atoms with Gasteiger partial charge in [0.05, 0.1) is 12.7 Å². The summed E-state index contributed by atoms with van der Waals surface area (Å²) < 4.78 is 10.6. The van der Waals surface area contributed by atoms with Gasteiger partial charge in [-0.15, -0.1) is 0 Å². The number of hydrogen-bond acceptors (Lipinski definition) is 5. The Bertz CT molecular complexity index is 1210. The normalized spacial score (nSPS) is 10.4.